The molecule has 0 aromatic carbocycles. The van der Waals surface area contributed by atoms with Crippen LogP contribution in [0.5, 0.6) is 0 Å². The molecule has 1 unspecified atom stereocenters. The SMILES string of the molecule is Cc1ncoc1C(=O)NCC(C(=O)O)C(C)C. The number of aromatic nitrogens is 1. The van der Waals surface area contributed by atoms with Crippen LogP contribution in [0.2, 0.25) is 0 Å². The van der Waals surface area contributed by atoms with E-state index >= 15 is 0 Å². The molecule has 0 saturated heterocycles. The van der Waals surface area contributed by atoms with Gasteiger partial charge in [-0.25, -0.2) is 4.98 Å². The first-order chi connectivity index (χ1) is 7.93. The van der Waals surface area contributed by atoms with Gasteiger partial charge in [-0.05, 0) is 12.8 Å². The molecule has 0 saturated carbocycles. The van der Waals surface area contributed by atoms with Gasteiger partial charge in [-0.15, -0.1) is 0 Å². The van der Waals surface area contributed by atoms with Gasteiger partial charge in [0, 0.05) is 6.54 Å². The number of carboxylic acid groups (broad SMARTS) is 1. The van der Waals surface area contributed by atoms with Gasteiger partial charge in [-0.3, -0.25) is 9.59 Å². The Morgan fingerprint density at radius 3 is 2.59 bits per heavy atom. The fourth-order valence-corrected chi connectivity index (χ4v) is 1.41. The zero-order valence-electron chi connectivity index (χ0n) is 10.1. The molecule has 6 heteroatoms. The Bertz CT molecular complexity index is 411. The number of carboxylic acids is 1. The molecular weight excluding hydrogens is 224 g/mol. The number of hydrogen-bond donors (Lipinski definition) is 2. The standard InChI is InChI=1S/C11H16N2O4/c1-6(2)8(11(15)16)4-12-10(14)9-7(3)13-5-17-9/h5-6,8H,4H2,1-3H3,(H,12,14)(H,15,16). The lowest BCUT2D eigenvalue weighted by Crippen LogP contribution is -2.35. The van der Waals surface area contributed by atoms with Gasteiger partial charge in [0.25, 0.3) is 5.91 Å². The van der Waals surface area contributed by atoms with Crippen LogP contribution in [0.1, 0.15) is 30.1 Å². The van der Waals surface area contributed by atoms with Crippen molar-refractivity contribution in [2.45, 2.75) is 20.8 Å². The third-order valence-corrected chi connectivity index (χ3v) is 2.56. The lowest BCUT2D eigenvalue weighted by molar-refractivity contribution is -0.142. The number of nitrogens with one attached hydrogen (secondary N) is 1. The molecular formula is C11H16N2O4. The predicted octanol–water partition coefficient (Wildman–Crippen LogP) is 1.07. The zero-order valence-corrected chi connectivity index (χ0v) is 10.1. The maximum atomic E-state index is 11.6. The second kappa shape index (κ2) is 5.47. The largest absolute Gasteiger partial charge is 0.481 e. The summed E-state index contributed by atoms with van der Waals surface area (Å²) in [5.74, 6) is -1.90. The predicted molar refractivity (Wildman–Crippen MR) is 59.5 cm³/mol. The van der Waals surface area contributed by atoms with E-state index in [1.807, 2.05) is 0 Å². The summed E-state index contributed by atoms with van der Waals surface area (Å²) in [6.45, 7) is 5.32. The number of hydrogen-bond acceptors (Lipinski definition) is 4. The molecule has 0 aliphatic rings. The quantitative estimate of drug-likeness (QED) is 0.803. The van der Waals surface area contributed by atoms with Crippen molar-refractivity contribution in [1.82, 2.24) is 10.3 Å². The number of rotatable bonds is 5. The highest BCUT2D eigenvalue weighted by molar-refractivity contribution is 5.92. The maximum Gasteiger partial charge on any atom is 0.308 e. The van der Waals surface area contributed by atoms with E-state index in [2.05, 4.69) is 10.3 Å². The maximum absolute atomic E-state index is 11.6. The molecule has 1 heterocycles. The van der Waals surface area contributed by atoms with Gasteiger partial charge in [0.05, 0.1) is 11.6 Å². The number of nitrogens with zero attached hydrogens (tertiary/aromatic N) is 1. The Hall–Kier alpha value is -1.85. The van der Waals surface area contributed by atoms with Crippen LogP contribution in [-0.4, -0.2) is 28.5 Å². The van der Waals surface area contributed by atoms with Crippen molar-refractivity contribution in [3.63, 3.8) is 0 Å². The second-order valence-corrected chi connectivity index (χ2v) is 4.17. The van der Waals surface area contributed by atoms with E-state index in [-0.39, 0.29) is 18.2 Å². The van der Waals surface area contributed by atoms with Crippen LogP contribution in [0.15, 0.2) is 10.8 Å². The van der Waals surface area contributed by atoms with Gasteiger partial charge in [-0.1, -0.05) is 13.8 Å². The summed E-state index contributed by atoms with van der Waals surface area (Å²) >= 11 is 0. The fourth-order valence-electron chi connectivity index (χ4n) is 1.41. The van der Waals surface area contributed by atoms with E-state index in [0.717, 1.165) is 0 Å². The van der Waals surface area contributed by atoms with Crippen molar-refractivity contribution in [2.24, 2.45) is 11.8 Å². The van der Waals surface area contributed by atoms with Gasteiger partial charge in [-0.2, -0.15) is 0 Å². The molecule has 0 fully saturated rings. The molecule has 0 radical (unpaired) electrons. The Kier molecular flexibility index (Phi) is 4.25. The highest BCUT2D eigenvalue weighted by Crippen LogP contribution is 2.10. The van der Waals surface area contributed by atoms with Gasteiger partial charge in [0.15, 0.2) is 6.39 Å². The summed E-state index contributed by atoms with van der Waals surface area (Å²) in [6, 6.07) is 0. The summed E-state index contributed by atoms with van der Waals surface area (Å²) in [5, 5.41) is 11.5. The van der Waals surface area contributed by atoms with Crippen molar-refractivity contribution in [2.75, 3.05) is 6.54 Å². The Balaban J connectivity index is 2.59. The van der Waals surface area contributed by atoms with Gasteiger partial charge in [0.2, 0.25) is 5.76 Å². The minimum absolute atomic E-state index is 0.0522. The molecule has 6 nitrogen and oxygen atoms in total. The topological polar surface area (TPSA) is 92.4 Å². The van der Waals surface area contributed by atoms with E-state index in [0.29, 0.717) is 5.69 Å². The summed E-state index contributed by atoms with van der Waals surface area (Å²) in [7, 11) is 0. The first-order valence-electron chi connectivity index (χ1n) is 5.34. The normalized spacial score (nSPS) is 12.5. The molecule has 0 aliphatic carbocycles. The Labute approximate surface area is 99.0 Å². The number of aryl methyl sites for hydroxylation is 1. The van der Waals surface area contributed by atoms with Crippen LogP contribution in [0, 0.1) is 18.8 Å². The third-order valence-electron chi connectivity index (χ3n) is 2.56. The van der Waals surface area contributed by atoms with Crippen LogP contribution in [-0.2, 0) is 4.79 Å². The first kappa shape index (κ1) is 13.2. The Morgan fingerprint density at radius 1 is 1.53 bits per heavy atom. The fraction of sp³-hybridized carbons (Fsp3) is 0.545. The number of carbonyl (C=O) groups is 2. The van der Waals surface area contributed by atoms with Crippen molar-refractivity contribution in [1.29, 1.82) is 0 Å². The smallest absolute Gasteiger partial charge is 0.308 e. The average Bonchev–Trinajstić information content (AvgIpc) is 2.63. The van der Waals surface area contributed by atoms with E-state index in [1.165, 1.54) is 6.39 Å². The molecule has 0 aliphatic heterocycles. The lowest BCUT2D eigenvalue weighted by Gasteiger charge is -2.16. The highest BCUT2D eigenvalue weighted by atomic mass is 16.4. The molecule has 1 rings (SSSR count). The van der Waals surface area contributed by atoms with Gasteiger partial charge < -0.3 is 14.8 Å². The van der Waals surface area contributed by atoms with Crippen LogP contribution in [0.4, 0.5) is 0 Å². The zero-order chi connectivity index (χ0) is 13.0. The van der Waals surface area contributed by atoms with E-state index in [9.17, 15) is 9.59 Å². The summed E-state index contributed by atoms with van der Waals surface area (Å²) < 4.78 is 4.91. The molecule has 2 N–H and O–H groups in total. The summed E-state index contributed by atoms with van der Waals surface area (Å²) in [4.78, 5) is 26.3. The molecule has 0 spiro atoms. The van der Waals surface area contributed by atoms with Gasteiger partial charge >= 0.3 is 5.97 Å². The molecule has 94 valence electrons. The minimum Gasteiger partial charge on any atom is -0.481 e. The highest BCUT2D eigenvalue weighted by Gasteiger charge is 2.23. The van der Waals surface area contributed by atoms with E-state index in [1.54, 1.807) is 20.8 Å². The third kappa shape index (κ3) is 3.30. The number of aliphatic carboxylic acids is 1. The van der Waals surface area contributed by atoms with Crippen LogP contribution >= 0.6 is 0 Å². The van der Waals surface area contributed by atoms with Crippen molar-refractivity contribution in [3.05, 3.63) is 17.8 Å². The molecule has 1 amide bonds. The molecule has 1 aromatic rings. The van der Waals surface area contributed by atoms with Crippen LogP contribution in [0.3, 0.4) is 0 Å². The summed E-state index contributed by atoms with van der Waals surface area (Å²) in [6.07, 6.45) is 1.18. The molecule has 1 atom stereocenters. The van der Waals surface area contributed by atoms with E-state index in [4.69, 9.17) is 9.52 Å². The first-order valence-corrected chi connectivity index (χ1v) is 5.34. The minimum atomic E-state index is -0.922. The van der Waals surface area contributed by atoms with Crippen molar-refractivity contribution in [3.8, 4) is 0 Å². The van der Waals surface area contributed by atoms with Crippen LogP contribution < -0.4 is 5.32 Å². The molecule has 0 bridgehead atoms. The van der Waals surface area contributed by atoms with Gasteiger partial charge in [0.1, 0.15) is 0 Å². The monoisotopic (exact) mass is 240 g/mol. The lowest BCUT2D eigenvalue weighted by atomic mass is 9.96. The Morgan fingerprint density at radius 2 is 2.18 bits per heavy atom. The molecule has 17 heavy (non-hydrogen) atoms. The second-order valence-electron chi connectivity index (χ2n) is 4.17. The molecule has 1 aromatic heterocycles. The number of amides is 1. The average molecular weight is 240 g/mol. The number of carbonyl (C=O) groups excluding carboxylic acids is 1. The van der Waals surface area contributed by atoms with Crippen LogP contribution in [0.25, 0.3) is 0 Å². The van der Waals surface area contributed by atoms with Crippen molar-refractivity contribution >= 4 is 11.9 Å². The number of oxazole rings is 1. The van der Waals surface area contributed by atoms with Crippen molar-refractivity contribution < 1.29 is 19.1 Å². The summed E-state index contributed by atoms with van der Waals surface area (Å²) in [5.41, 5.74) is 0.485. The van der Waals surface area contributed by atoms with E-state index < -0.39 is 17.8 Å².